The van der Waals surface area contributed by atoms with Crippen molar-refractivity contribution < 1.29 is 9.53 Å². The minimum Gasteiger partial charge on any atom is -0.379 e. The van der Waals surface area contributed by atoms with E-state index in [4.69, 9.17) is 4.74 Å². The van der Waals surface area contributed by atoms with E-state index in [1.807, 2.05) is 30.7 Å². The summed E-state index contributed by atoms with van der Waals surface area (Å²) >= 11 is 0. The largest absolute Gasteiger partial charge is 0.379 e. The highest BCUT2D eigenvalue weighted by Gasteiger charge is 2.23. The molecule has 7 heteroatoms. The van der Waals surface area contributed by atoms with Crippen LogP contribution in [0.25, 0.3) is 0 Å². The summed E-state index contributed by atoms with van der Waals surface area (Å²) in [7, 11) is 0. The molecule has 1 atom stereocenters. The molecule has 1 aliphatic rings. The van der Waals surface area contributed by atoms with Crippen molar-refractivity contribution in [3.8, 4) is 0 Å². The van der Waals surface area contributed by atoms with Crippen LogP contribution >= 0.6 is 0 Å². The molecule has 1 amide bonds. The maximum atomic E-state index is 12.4. The van der Waals surface area contributed by atoms with E-state index in [2.05, 4.69) is 26.3 Å². The quantitative estimate of drug-likeness (QED) is 0.850. The monoisotopic (exact) mass is 343 g/mol. The molecule has 25 heavy (non-hydrogen) atoms. The Morgan fingerprint density at radius 2 is 2.16 bits per heavy atom. The number of morpholine rings is 1. The summed E-state index contributed by atoms with van der Waals surface area (Å²) in [5.74, 6) is -0.0114. The Morgan fingerprint density at radius 3 is 2.80 bits per heavy atom. The standard InChI is InChI=1S/C18H25N5O2/c1-14-15(2)23(13-21-14)12-18(24)20-11-17(16-4-3-5-19-10-16)22-6-8-25-9-7-22/h3-5,10,13,17H,6-9,11-12H2,1-2H3,(H,20,24). The number of carbonyl (C=O) groups is 1. The fourth-order valence-corrected chi connectivity index (χ4v) is 3.04. The number of carbonyl (C=O) groups excluding carboxylic acids is 1. The highest BCUT2D eigenvalue weighted by molar-refractivity contribution is 5.75. The number of nitrogens with one attached hydrogen (secondary N) is 1. The number of hydrogen-bond acceptors (Lipinski definition) is 5. The smallest absolute Gasteiger partial charge is 0.240 e. The van der Waals surface area contributed by atoms with Crippen molar-refractivity contribution in [1.29, 1.82) is 0 Å². The first-order chi connectivity index (χ1) is 12.1. The lowest BCUT2D eigenvalue weighted by Gasteiger charge is -2.34. The number of hydrogen-bond donors (Lipinski definition) is 1. The van der Waals surface area contributed by atoms with Gasteiger partial charge < -0.3 is 14.6 Å². The number of aryl methyl sites for hydroxylation is 1. The number of rotatable bonds is 6. The number of amides is 1. The van der Waals surface area contributed by atoms with Crippen LogP contribution in [0.2, 0.25) is 0 Å². The molecule has 7 nitrogen and oxygen atoms in total. The van der Waals surface area contributed by atoms with Crippen LogP contribution in [0.15, 0.2) is 30.9 Å². The third kappa shape index (κ3) is 4.43. The molecule has 1 unspecified atom stereocenters. The highest BCUT2D eigenvalue weighted by atomic mass is 16.5. The predicted molar refractivity (Wildman–Crippen MR) is 94.1 cm³/mol. The van der Waals surface area contributed by atoms with Crippen molar-refractivity contribution in [3.63, 3.8) is 0 Å². The Bertz CT molecular complexity index is 695. The van der Waals surface area contributed by atoms with E-state index in [0.29, 0.717) is 6.54 Å². The average molecular weight is 343 g/mol. The molecule has 0 aromatic carbocycles. The number of ether oxygens (including phenoxy) is 1. The normalized spacial score (nSPS) is 16.6. The van der Waals surface area contributed by atoms with Crippen LogP contribution in [0.5, 0.6) is 0 Å². The molecule has 134 valence electrons. The van der Waals surface area contributed by atoms with Crippen molar-refractivity contribution in [2.24, 2.45) is 0 Å². The van der Waals surface area contributed by atoms with Gasteiger partial charge in [-0.1, -0.05) is 6.07 Å². The molecule has 0 aliphatic carbocycles. The van der Waals surface area contributed by atoms with Gasteiger partial charge in [-0.15, -0.1) is 0 Å². The zero-order valence-corrected chi connectivity index (χ0v) is 14.8. The number of nitrogens with zero attached hydrogens (tertiary/aromatic N) is 4. The van der Waals surface area contributed by atoms with Crippen molar-refractivity contribution in [2.45, 2.75) is 26.4 Å². The van der Waals surface area contributed by atoms with Crippen molar-refractivity contribution in [1.82, 2.24) is 24.8 Å². The lowest BCUT2D eigenvalue weighted by Crippen LogP contribution is -2.44. The SMILES string of the molecule is Cc1ncn(CC(=O)NCC(c2cccnc2)N2CCOCC2)c1C. The lowest BCUT2D eigenvalue weighted by molar-refractivity contribution is -0.122. The third-order valence-electron chi connectivity index (χ3n) is 4.71. The van der Waals surface area contributed by atoms with Crippen LogP contribution in [-0.4, -0.2) is 58.2 Å². The van der Waals surface area contributed by atoms with Gasteiger partial charge in [0.1, 0.15) is 6.54 Å². The molecule has 0 spiro atoms. The van der Waals surface area contributed by atoms with Crippen molar-refractivity contribution in [2.75, 3.05) is 32.8 Å². The maximum absolute atomic E-state index is 12.4. The van der Waals surface area contributed by atoms with E-state index >= 15 is 0 Å². The van der Waals surface area contributed by atoms with Crippen molar-refractivity contribution >= 4 is 5.91 Å². The number of imidazole rings is 1. The molecule has 2 aromatic heterocycles. The minimum atomic E-state index is -0.0114. The molecule has 3 rings (SSSR count). The van der Waals surface area contributed by atoms with Crippen LogP contribution in [0.1, 0.15) is 23.0 Å². The van der Waals surface area contributed by atoms with E-state index in [0.717, 1.165) is 43.3 Å². The summed E-state index contributed by atoms with van der Waals surface area (Å²) in [5.41, 5.74) is 3.08. The predicted octanol–water partition coefficient (Wildman–Crippen LogP) is 1.08. The first-order valence-corrected chi connectivity index (χ1v) is 8.62. The van der Waals surface area contributed by atoms with Gasteiger partial charge in [0.25, 0.3) is 0 Å². The molecule has 0 bridgehead atoms. The van der Waals surface area contributed by atoms with Gasteiger partial charge in [-0.05, 0) is 25.5 Å². The Morgan fingerprint density at radius 1 is 1.36 bits per heavy atom. The first kappa shape index (κ1) is 17.6. The van der Waals surface area contributed by atoms with E-state index in [1.165, 1.54) is 0 Å². The van der Waals surface area contributed by atoms with Crippen LogP contribution in [0, 0.1) is 13.8 Å². The maximum Gasteiger partial charge on any atom is 0.240 e. The Labute approximate surface area is 148 Å². The van der Waals surface area contributed by atoms with Gasteiger partial charge in [0.15, 0.2) is 0 Å². The van der Waals surface area contributed by atoms with Gasteiger partial charge in [-0.3, -0.25) is 14.7 Å². The molecule has 1 N–H and O–H groups in total. The molecular formula is C18H25N5O2. The molecular weight excluding hydrogens is 318 g/mol. The first-order valence-electron chi connectivity index (χ1n) is 8.62. The second-order valence-corrected chi connectivity index (χ2v) is 6.30. The topological polar surface area (TPSA) is 72.3 Å². The van der Waals surface area contributed by atoms with Gasteiger partial charge >= 0.3 is 0 Å². The van der Waals surface area contributed by atoms with Gasteiger partial charge in [0.2, 0.25) is 5.91 Å². The Kier molecular flexibility index (Phi) is 5.78. The van der Waals surface area contributed by atoms with Gasteiger partial charge in [-0.25, -0.2) is 4.98 Å². The summed E-state index contributed by atoms with van der Waals surface area (Å²) in [6.07, 6.45) is 5.35. The average Bonchev–Trinajstić information content (AvgIpc) is 2.96. The van der Waals surface area contributed by atoms with Crippen LogP contribution < -0.4 is 5.32 Å². The Balaban J connectivity index is 1.63. The highest BCUT2D eigenvalue weighted by Crippen LogP contribution is 2.20. The zero-order valence-electron chi connectivity index (χ0n) is 14.8. The van der Waals surface area contributed by atoms with E-state index in [-0.39, 0.29) is 18.5 Å². The number of pyridine rings is 1. The molecule has 3 heterocycles. The fraction of sp³-hybridized carbons (Fsp3) is 0.500. The molecule has 0 saturated carbocycles. The fourth-order valence-electron chi connectivity index (χ4n) is 3.04. The van der Waals surface area contributed by atoms with Gasteiger partial charge in [-0.2, -0.15) is 0 Å². The second-order valence-electron chi connectivity index (χ2n) is 6.30. The molecule has 2 aromatic rings. The Hall–Kier alpha value is -2.25. The van der Waals surface area contributed by atoms with E-state index in [9.17, 15) is 4.79 Å². The van der Waals surface area contributed by atoms with E-state index in [1.54, 1.807) is 12.5 Å². The molecule has 1 aliphatic heterocycles. The summed E-state index contributed by atoms with van der Waals surface area (Å²) in [6, 6.07) is 4.09. The summed E-state index contributed by atoms with van der Waals surface area (Å²) in [4.78, 5) is 23.2. The van der Waals surface area contributed by atoms with Crippen LogP contribution in [-0.2, 0) is 16.1 Å². The van der Waals surface area contributed by atoms with Crippen molar-refractivity contribution in [3.05, 3.63) is 47.8 Å². The zero-order chi connectivity index (χ0) is 17.6. The van der Waals surface area contributed by atoms with Gasteiger partial charge in [0, 0.05) is 37.7 Å². The second kappa shape index (κ2) is 8.22. The number of aromatic nitrogens is 3. The molecule has 1 saturated heterocycles. The summed E-state index contributed by atoms with van der Waals surface area (Å²) in [5, 5.41) is 3.07. The molecule has 1 fully saturated rings. The molecule has 0 radical (unpaired) electrons. The lowest BCUT2D eigenvalue weighted by atomic mass is 10.1. The third-order valence-corrected chi connectivity index (χ3v) is 4.71. The van der Waals surface area contributed by atoms with Crippen LogP contribution in [0.3, 0.4) is 0 Å². The minimum absolute atomic E-state index is 0.0114. The summed E-state index contributed by atoms with van der Waals surface area (Å²) in [6.45, 7) is 7.91. The summed E-state index contributed by atoms with van der Waals surface area (Å²) < 4.78 is 7.32. The van der Waals surface area contributed by atoms with E-state index < -0.39 is 0 Å². The van der Waals surface area contributed by atoms with Gasteiger partial charge in [0.05, 0.1) is 31.3 Å². The van der Waals surface area contributed by atoms with Crippen LogP contribution in [0.4, 0.5) is 0 Å².